The molecule has 0 unspecified atom stereocenters. The van der Waals surface area contributed by atoms with E-state index in [2.05, 4.69) is 5.32 Å². The van der Waals surface area contributed by atoms with Crippen LogP contribution in [0, 0.1) is 25.2 Å². The van der Waals surface area contributed by atoms with Crippen molar-refractivity contribution in [3.63, 3.8) is 0 Å². The van der Waals surface area contributed by atoms with Crippen molar-refractivity contribution in [1.82, 2.24) is 4.57 Å². The van der Waals surface area contributed by atoms with Gasteiger partial charge in [-0.2, -0.15) is 5.26 Å². The van der Waals surface area contributed by atoms with Gasteiger partial charge in [-0.3, -0.25) is 4.79 Å². The minimum Gasteiger partial charge on any atom is -0.545 e. The number of hydrogen-bond acceptors (Lipinski definition) is 4. The molecular formula is C23H17ClN3O3-. The summed E-state index contributed by atoms with van der Waals surface area (Å²) in [7, 11) is 0. The largest absolute Gasteiger partial charge is 0.545 e. The molecule has 0 aliphatic heterocycles. The van der Waals surface area contributed by atoms with Gasteiger partial charge < -0.3 is 19.8 Å². The molecular weight excluding hydrogens is 402 g/mol. The first-order chi connectivity index (χ1) is 14.3. The molecule has 0 bridgehead atoms. The molecule has 2 aromatic carbocycles. The van der Waals surface area contributed by atoms with Gasteiger partial charge in [0.25, 0.3) is 5.91 Å². The fourth-order valence-corrected chi connectivity index (χ4v) is 3.24. The lowest BCUT2D eigenvalue weighted by Crippen LogP contribution is -2.22. The van der Waals surface area contributed by atoms with Crippen LogP contribution in [0.15, 0.2) is 60.2 Å². The molecule has 3 rings (SSSR count). The Morgan fingerprint density at radius 2 is 1.73 bits per heavy atom. The predicted molar refractivity (Wildman–Crippen MR) is 113 cm³/mol. The number of nitriles is 1. The molecule has 3 aromatic rings. The molecule has 150 valence electrons. The van der Waals surface area contributed by atoms with Crippen LogP contribution in [0.25, 0.3) is 11.8 Å². The second kappa shape index (κ2) is 8.68. The molecule has 0 atom stereocenters. The number of carboxylic acid groups (broad SMARTS) is 1. The normalized spacial score (nSPS) is 11.1. The monoisotopic (exact) mass is 418 g/mol. The quantitative estimate of drug-likeness (QED) is 0.505. The molecule has 0 aliphatic carbocycles. The highest BCUT2D eigenvalue weighted by atomic mass is 35.5. The molecule has 0 radical (unpaired) electrons. The van der Waals surface area contributed by atoms with E-state index in [9.17, 15) is 20.0 Å². The Morgan fingerprint density at radius 1 is 1.10 bits per heavy atom. The molecule has 0 fully saturated rings. The number of anilines is 1. The summed E-state index contributed by atoms with van der Waals surface area (Å²) in [6, 6.07) is 16.7. The van der Waals surface area contributed by atoms with Crippen molar-refractivity contribution in [3.05, 3.63) is 87.7 Å². The zero-order valence-electron chi connectivity index (χ0n) is 16.3. The molecule has 1 aromatic heterocycles. The van der Waals surface area contributed by atoms with Crippen LogP contribution in [-0.4, -0.2) is 16.4 Å². The Morgan fingerprint density at radius 3 is 2.30 bits per heavy atom. The van der Waals surface area contributed by atoms with E-state index >= 15 is 0 Å². The molecule has 1 N–H and O–H groups in total. The first-order valence-electron chi connectivity index (χ1n) is 8.99. The summed E-state index contributed by atoms with van der Waals surface area (Å²) >= 11 is 5.84. The molecule has 1 amide bonds. The van der Waals surface area contributed by atoms with Crippen molar-refractivity contribution in [1.29, 1.82) is 5.26 Å². The number of carbonyl (C=O) groups is 2. The van der Waals surface area contributed by atoms with Crippen LogP contribution < -0.4 is 10.4 Å². The Kier molecular flexibility index (Phi) is 6.05. The lowest BCUT2D eigenvalue weighted by molar-refractivity contribution is -0.255. The minimum atomic E-state index is -1.24. The van der Waals surface area contributed by atoms with Gasteiger partial charge in [-0.1, -0.05) is 23.7 Å². The third-order valence-electron chi connectivity index (χ3n) is 4.60. The minimum absolute atomic E-state index is 0.0440. The zero-order chi connectivity index (χ0) is 21.8. The Hall–Kier alpha value is -3.82. The van der Waals surface area contributed by atoms with Gasteiger partial charge in [0.05, 0.1) is 5.97 Å². The van der Waals surface area contributed by atoms with E-state index in [1.807, 2.05) is 30.6 Å². The van der Waals surface area contributed by atoms with Crippen LogP contribution in [-0.2, 0) is 4.79 Å². The highest BCUT2D eigenvalue weighted by Gasteiger charge is 2.14. The summed E-state index contributed by atoms with van der Waals surface area (Å²) < 4.78 is 1.91. The molecule has 7 heteroatoms. The number of nitrogens with zero attached hydrogens (tertiary/aromatic N) is 2. The van der Waals surface area contributed by atoms with Crippen molar-refractivity contribution in [2.45, 2.75) is 13.8 Å². The lowest BCUT2D eigenvalue weighted by atomic mass is 10.1. The fourth-order valence-electron chi connectivity index (χ4n) is 3.11. The second-order valence-electron chi connectivity index (χ2n) is 6.63. The van der Waals surface area contributed by atoms with Crippen molar-refractivity contribution in [2.24, 2.45) is 0 Å². The van der Waals surface area contributed by atoms with Crippen molar-refractivity contribution in [2.75, 3.05) is 5.32 Å². The molecule has 0 spiro atoms. The molecule has 6 nitrogen and oxygen atoms in total. The van der Waals surface area contributed by atoms with Crippen molar-refractivity contribution in [3.8, 4) is 11.8 Å². The highest BCUT2D eigenvalue weighted by Crippen LogP contribution is 2.23. The number of nitrogens with one attached hydrogen (secondary N) is 1. The van der Waals surface area contributed by atoms with Gasteiger partial charge in [-0.05, 0) is 73.5 Å². The Labute approximate surface area is 178 Å². The maximum absolute atomic E-state index is 12.5. The number of aromatic nitrogens is 1. The summed E-state index contributed by atoms with van der Waals surface area (Å²) in [5.74, 6) is -1.76. The number of amides is 1. The molecule has 0 aliphatic rings. The van der Waals surface area contributed by atoms with E-state index in [4.69, 9.17) is 11.6 Å². The lowest BCUT2D eigenvalue weighted by Gasteiger charge is -2.11. The van der Waals surface area contributed by atoms with Crippen LogP contribution in [0.3, 0.4) is 0 Å². The summed E-state index contributed by atoms with van der Waals surface area (Å²) in [6.45, 7) is 3.74. The topological polar surface area (TPSA) is 98.0 Å². The average molecular weight is 419 g/mol. The molecule has 1 heterocycles. The Balaban J connectivity index is 1.91. The van der Waals surface area contributed by atoms with Crippen LogP contribution in [0.2, 0.25) is 5.02 Å². The maximum atomic E-state index is 12.5. The van der Waals surface area contributed by atoms with Crippen LogP contribution in [0.4, 0.5) is 5.69 Å². The number of aryl methyl sites for hydroxylation is 1. The number of carboxylic acids is 1. The maximum Gasteiger partial charge on any atom is 0.266 e. The van der Waals surface area contributed by atoms with Gasteiger partial charge in [0, 0.05) is 27.8 Å². The van der Waals surface area contributed by atoms with E-state index in [0.717, 1.165) is 17.1 Å². The van der Waals surface area contributed by atoms with Gasteiger partial charge >= 0.3 is 0 Å². The van der Waals surface area contributed by atoms with Crippen LogP contribution in [0.5, 0.6) is 0 Å². The average Bonchev–Trinajstić information content (AvgIpc) is 3.00. The van der Waals surface area contributed by atoms with E-state index in [1.54, 1.807) is 36.4 Å². The standard InChI is InChI=1S/C23H18ClN3O3/c1-14-11-17(15(2)27(14)21-9-3-16(4-10-21)23(29)30)12-18(13-25)22(28)26-20-7-5-19(24)6-8-20/h3-12H,1-2H3,(H,26,28)(H,29,30)/p-1/b18-12-. The van der Waals surface area contributed by atoms with E-state index in [-0.39, 0.29) is 11.1 Å². The number of halogens is 1. The summed E-state index contributed by atoms with van der Waals surface area (Å²) in [5.41, 5.74) is 3.72. The van der Waals surface area contributed by atoms with E-state index in [1.165, 1.54) is 18.2 Å². The van der Waals surface area contributed by atoms with Gasteiger partial charge in [0.1, 0.15) is 11.6 Å². The van der Waals surface area contributed by atoms with Gasteiger partial charge in [0.15, 0.2) is 0 Å². The number of aromatic carboxylic acids is 1. The number of hydrogen-bond donors (Lipinski definition) is 1. The second-order valence-corrected chi connectivity index (χ2v) is 7.06. The smallest absolute Gasteiger partial charge is 0.266 e. The number of rotatable bonds is 5. The molecule has 0 saturated heterocycles. The Bertz CT molecular complexity index is 1180. The first kappa shape index (κ1) is 20.9. The molecule has 0 saturated carbocycles. The first-order valence-corrected chi connectivity index (χ1v) is 9.37. The summed E-state index contributed by atoms with van der Waals surface area (Å²) in [6.07, 6.45) is 1.53. The number of carbonyl (C=O) groups excluding carboxylic acids is 2. The summed E-state index contributed by atoms with van der Waals surface area (Å²) in [4.78, 5) is 23.5. The third-order valence-corrected chi connectivity index (χ3v) is 4.85. The van der Waals surface area contributed by atoms with Crippen molar-refractivity contribution < 1.29 is 14.7 Å². The van der Waals surface area contributed by atoms with Crippen LogP contribution in [0.1, 0.15) is 27.3 Å². The fraction of sp³-hybridized carbons (Fsp3) is 0.0870. The summed E-state index contributed by atoms with van der Waals surface area (Å²) in [5, 5.41) is 23.6. The van der Waals surface area contributed by atoms with Gasteiger partial charge in [-0.15, -0.1) is 0 Å². The van der Waals surface area contributed by atoms with E-state index < -0.39 is 11.9 Å². The van der Waals surface area contributed by atoms with E-state index in [0.29, 0.717) is 16.3 Å². The number of benzene rings is 2. The highest BCUT2D eigenvalue weighted by molar-refractivity contribution is 6.30. The molecule has 30 heavy (non-hydrogen) atoms. The van der Waals surface area contributed by atoms with Crippen molar-refractivity contribution >= 4 is 35.2 Å². The predicted octanol–water partition coefficient (Wildman–Crippen LogP) is 3.66. The zero-order valence-corrected chi connectivity index (χ0v) is 17.0. The SMILES string of the molecule is Cc1cc(/C=C(/C#N)C(=O)Nc2ccc(Cl)cc2)c(C)n1-c1ccc(C(=O)[O-])cc1. The van der Waals surface area contributed by atoms with Crippen LogP contribution >= 0.6 is 11.6 Å². The van der Waals surface area contributed by atoms with Gasteiger partial charge in [0.2, 0.25) is 0 Å². The van der Waals surface area contributed by atoms with Gasteiger partial charge in [-0.25, -0.2) is 0 Å². The third kappa shape index (κ3) is 4.43.